The Kier molecular flexibility index (Phi) is 7.42. The fraction of sp³-hybridized carbons (Fsp3) is 0.333. The predicted molar refractivity (Wildman–Crippen MR) is 127 cm³/mol. The van der Waals surface area contributed by atoms with Gasteiger partial charge in [-0.05, 0) is 61.0 Å². The number of piperidine rings is 1. The van der Waals surface area contributed by atoms with Crippen molar-refractivity contribution in [3.63, 3.8) is 0 Å². The molecule has 1 aliphatic rings. The second-order valence-electron chi connectivity index (χ2n) is 8.05. The second kappa shape index (κ2) is 10.5. The molecule has 1 amide bonds. The van der Waals surface area contributed by atoms with Crippen LogP contribution in [-0.2, 0) is 21.4 Å². The molecular weight excluding hydrogens is 458 g/mol. The van der Waals surface area contributed by atoms with Crippen molar-refractivity contribution in [2.24, 2.45) is 5.92 Å². The molecule has 9 heteroatoms. The van der Waals surface area contributed by atoms with E-state index in [2.05, 4.69) is 10.3 Å². The lowest BCUT2D eigenvalue weighted by molar-refractivity contribution is -0.126. The van der Waals surface area contributed by atoms with Crippen molar-refractivity contribution in [2.45, 2.75) is 36.6 Å². The highest BCUT2D eigenvalue weighted by Gasteiger charge is 2.34. The molecule has 174 valence electrons. The van der Waals surface area contributed by atoms with Crippen LogP contribution in [0.1, 0.15) is 37.1 Å². The van der Waals surface area contributed by atoms with E-state index >= 15 is 0 Å². The first-order valence-electron chi connectivity index (χ1n) is 10.9. The van der Waals surface area contributed by atoms with Gasteiger partial charge in [0.25, 0.3) is 10.0 Å². The van der Waals surface area contributed by atoms with E-state index in [0.29, 0.717) is 36.0 Å². The summed E-state index contributed by atoms with van der Waals surface area (Å²) in [5, 5.41) is 4.79. The minimum atomic E-state index is -3.55. The summed E-state index contributed by atoms with van der Waals surface area (Å²) in [5.41, 5.74) is 1.75. The number of hydrogen-bond acceptors (Lipinski definition) is 6. The van der Waals surface area contributed by atoms with Crippen molar-refractivity contribution < 1.29 is 17.9 Å². The number of rotatable bonds is 8. The minimum absolute atomic E-state index is 0.131. The summed E-state index contributed by atoms with van der Waals surface area (Å²) in [6, 6.07) is 16.4. The fourth-order valence-corrected chi connectivity index (χ4v) is 6.51. The average Bonchev–Trinajstić information content (AvgIpc) is 3.40. The van der Waals surface area contributed by atoms with Gasteiger partial charge in [0, 0.05) is 19.3 Å². The number of carbonyl (C=O) groups is 1. The van der Waals surface area contributed by atoms with Gasteiger partial charge in [-0.15, -0.1) is 11.3 Å². The van der Waals surface area contributed by atoms with Gasteiger partial charge in [-0.1, -0.05) is 24.3 Å². The van der Waals surface area contributed by atoms with Crippen molar-refractivity contribution >= 4 is 27.3 Å². The molecule has 1 aromatic carbocycles. The Morgan fingerprint density at radius 1 is 1.24 bits per heavy atom. The molecule has 2 atom stereocenters. The zero-order chi connectivity index (χ0) is 23.3. The van der Waals surface area contributed by atoms with Crippen LogP contribution in [-0.4, -0.2) is 36.7 Å². The van der Waals surface area contributed by atoms with E-state index in [1.54, 1.807) is 23.7 Å². The highest BCUT2D eigenvalue weighted by molar-refractivity contribution is 7.91. The van der Waals surface area contributed by atoms with Gasteiger partial charge in [-0.3, -0.25) is 9.78 Å². The number of nitrogens with zero attached hydrogens (tertiary/aromatic N) is 2. The summed E-state index contributed by atoms with van der Waals surface area (Å²) in [7, 11) is -3.55. The van der Waals surface area contributed by atoms with Crippen LogP contribution < -0.4 is 10.1 Å². The number of hydrogen-bond donors (Lipinski definition) is 1. The quantitative estimate of drug-likeness (QED) is 0.521. The zero-order valence-electron chi connectivity index (χ0n) is 18.4. The Labute approximate surface area is 198 Å². The smallest absolute Gasteiger partial charge is 0.252 e. The first-order chi connectivity index (χ1) is 15.9. The normalized spacial score (nSPS) is 17.9. The molecule has 0 spiro atoms. The van der Waals surface area contributed by atoms with Gasteiger partial charge in [0.15, 0.2) is 0 Å². The van der Waals surface area contributed by atoms with Crippen molar-refractivity contribution in [2.75, 3.05) is 13.1 Å². The molecule has 2 unspecified atom stereocenters. The van der Waals surface area contributed by atoms with Crippen LogP contribution in [0.2, 0.25) is 0 Å². The number of ether oxygens (including phenoxy) is 1. The van der Waals surface area contributed by atoms with E-state index < -0.39 is 10.0 Å². The minimum Gasteiger partial charge on any atom is -0.487 e. The SMILES string of the molecule is CC(NC(=O)C1CCCN(S(=O)(=O)c2cccs2)C1)c1cccc(OCc2ccccn2)c1. The third-order valence-corrected chi connectivity index (χ3v) is 8.91. The molecule has 4 rings (SSSR count). The molecule has 1 aliphatic heterocycles. The van der Waals surface area contributed by atoms with Gasteiger partial charge in [0.2, 0.25) is 5.91 Å². The average molecular weight is 486 g/mol. The van der Waals surface area contributed by atoms with E-state index in [0.717, 1.165) is 11.3 Å². The summed E-state index contributed by atoms with van der Waals surface area (Å²) < 4.78 is 33.3. The molecule has 1 N–H and O–H groups in total. The standard InChI is InChI=1S/C24H27N3O4S2/c1-18(19-7-4-10-22(15-19)31-17-21-9-2-3-12-25-21)26-24(28)20-8-5-13-27(16-20)33(29,30)23-11-6-14-32-23/h2-4,6-7,9-12,14-15,18,20H,5,8,13,16-17H2,1H3,(H,26,28). The Morgan fingerprint density at radius 2 is 2.12 bits per heavy atom. The van der Waals surface area contributed by atoms with Gasteiger partial charge < -0.3 is 10.1 Å². The Morgan fingerprint density at radius 3 is 2.88 bits per heavy atom. The predicted octanol–water partition coefficient (Wildman–Crippen LogP) is 4.00. The number of thiophene rings is 1. The van der Waals surface area contributed by atoms with E-state index in [9.17, 15) is 13.2 Å². The van der Waals surface area contributed by atoms with Crippen LogP contribution in [0.3, 0.4) is 0 Å². The Hall–Kier alpha value is -2.75. The van der Waals surface area contributed by atoms with Crippen LogP contribution in [0.25, 0.3) is 0 Å². The maximum Gasteiger partial charge on any atom is 0.252 e. The van der Waals surface area contributed by atoms with Crippen LogP contribution in [0.5, 0.6) is 5.75 Å². The Bertz CT molecular complexity index is 1170. The molecule has 3 heterocycles. The highest BCUT2D eigenvalue weighted by atomic mass is 32.2. The molecular formula is C24H27N3O4S2. The van der Waals surface area contributed by atoms with Crippen LogP contribution >= 0.6 is 11.3 Å². The number of carbonyl (C=O) groups excluding carboxylic acids is 1. The van der Waals surface area contributed by atoms with Crippen molar-refractivity contribution in [1.82, 2.24) is 14.6 Å². The van der Waals surface area contributed by atoms with Gasteiger partial charge >= 0.3 is 0 Å². The van der Waals surface area contributed by atoms with Crippen molar-refractivity contribution in [3.8, 4) is 5.75 Å². The molecule has 1 saturated heterocycles. The Balaban J connectivity index is 1.36. The van der Waals surface area contributed by atoms with Gasteiger partial charge in [0.05, 0.1) is 17.7 Å². The molecule has 1 fully saturated rings. The monoisotopic (exact) mass is 485 g/mol. The summed E-state index contributed by atoms with van der Waals surface area (Å²) in [6.45, 7) is 2.92. The largest absolute Gasteiger partial charge is 0.487 e. The highest BCUT2D eigenvalue weighted by Crippen LogP contribution is 2.27. The fourth-order valence-electron chi connectivity index (χ4n) is 3.84. The van der Waals surface area contributed by atoms with E-state index in [1.807, 2.05) is 49.4 Å². The third-order valence-electron chi connectivity index (χ3n) is 5.67. The van der Waals surface area contributed by atoms with Crippen LogP contribution in [0.15, 0.2) is 70.4 Å². The first kappa shape index (κ1) is 23.4. The molecule has 0 saturated carbocycles. The molecule has 0 bridgehead atoms. The molecule has 33 heavy (non-hydrogen) atoms. The maximum atomic E-state index is 13.0. The summed E-state index contributed by atoms with van der Waals surface area (Å²) in [6.07, 6.45) is 3.06. The second-order valence-corrected chi connectivity index (χ2v) is 11.2. The summed E-state index contributed by atoms with van der Waals surface area (Å²) in [4.78, 5) is 17.2. The first-order valence-corrected chi connectivity index (χ1v) is 13.2. The van der Waals surface area contributed by atoms with Crippen molar-refractivity contribution in [1.29, 1.82) is 0 Å². The number of nitrogens with one attached hydrogen (secondary N) is 1. The number of sulfonamides is 1. The third kappa shape index (κ3) is 5.79. The van der Waals surface area contributed by atoms with Gasteiger partial charge in [0.1, 0.15) is 16.6 Å². The summed E-state index contributed by atoms with van der Waals surface area (Å²) in [5.74, 6) is 0.193. The van der Waals surface area contributed by atoms with E-state index in [4.69, 9.17) is 4.74 Å². The van der Waals surface area contributed by atoms with Crippen LogP contribution in [0.4, 0.5) is 0 Å². The molecule has 0 aliphatic carbocycles. The molecule has 3 aromatic rings. The van der Waals surface area contributed by atoms with Gasteiger partial charge in [-0.25, -0.2) is 8.42 Å². The number of amides is 1. The zero-order valence-corrected chi connectivity index (χ0v) is 20.0. The maximum absolute atomic E-state index is 13.0. The van der Waals surface area contributed by atoms with E-state index in [-0.39, 0.29) is 24.4 Å². The van der Waals surface area contributed by atoms with E-state index in [1.165, 1.54) is 15.6 Å². The molecule has 0 radical (unpaired) electrons. The topological polar surface area (TPSA) is 88.6 Å². The van der Waals surface area contributed by atoms with Gasteiger partial charge in [-0.2, -0.15) is 4.31 Å². The lowest BCUT2D eigenvalue weighted by atomic mass is 9.98. The number of pyridine rings is 1. The molecule has 7 nitrogen and oxygen atoms in total. The van der Waals surface area contributed by atoms with Crippen LogP contribution in [0, 0.1) is 5.92 Å². The number of benzene rings is 1. The van der Waals surface area contributed by atoms with Crippen molar-refractivity contribution in [3.05, 3.63) is 77.4 Å². The lowest BCUT2D eigenvalue weighted by Crippen LogP contribution is -2.45. The lowest BCUT2D eigenvalue weighted by Gasteiger charge is -2.31. The summed E-state index contributed by atoms with van der Waals surface area (Å²) >= 11 is 1.20. The number of aromatic nitrogens is 1. The molecule has 2 aromatic heterocycles.